The summed E-state index contributed by atoms with van der Waals surface area (Å²) in [6.45, 7) is 3.88. The number of fused-ring (bicyclic) bond motifs is 1. The van der Waals surface area contributed by atoms with Crippen LogP contribution in [-0.4, -0.2) is 21.2 Å². The fourth-order valence-electron chi connectivity index (χ4n) is 1.78. The Morgan fingerprint density at radius 2 is 2.06 bits per heavy atom. The summed E-state index contributed by atoms with van der Waals surface area (Å²) in [6.07, 6.45) is 9.68. The van der Waals surface area contributed by atoms with Crippen molar-refractivity contribution in [2.45, 2.75) is 19.0 Å². The fourth-order valence-corrected chi connectivity index (χ4v) is 2.16. The number of H-pyrrole nitrogens is 2. The van der Waals surface area contributed by atoms with Gasteiger partial charge in [-0.25, -0.2) is 4.98 Å². The van der Waals surface area contributed by atoms with E-state index in [1.54, 1.807) is 0 Å². The summed E-state index contributed by atoms with van der Waals surface area (Å²) in [5, 5.41) is 2.50. The summed E-state index contributed by atoms with van der Waals surface area (Å²) in [5.74, 6) is 0. The largest absolute Gasteiger partial charge is 0.349 e. The predicted molar refractivity (Wildman–Crippen MR) is 77.2 cm³/mol. The van der Waals surface area contributed by atoms with Gasteiger partial charge < -0.3 is 4.98 Å². The monoisotopic (exact) mass is 261 g/mol. The van der Waals surface area contributed by atoms with E-state index in [0.29, 0.717) is 16.2 Å². The third kappa shape index (κ3) is 2.13. The van der Waals surface area contributed by atoms with Crippen LogP contribution >= 0.6 is 11.8 Å². The topological polar surface area (TPSA) is 61.5 Å². The van der Waals surface area contributed by atoms with Gasteiger partial charge >= 0.3 is 0 Å². The number of aromatic nitrogens is 3. The molecule has 5 heteroatoms. The molecule has 2 aromatic heterocycles. The zero-order valence-corrected chi connectivity index (χ0v) is 11.4. The summed E-state index contributed by atoms with van der Waals surface area (Å²) in [5.41, 5.74) is 1.11. The average Bonchev–Trinajstić information content (AvgIpc) is 2.74. The highest BCUT2D eigenvalue weighted by atomic mass is 32.2. The van der Waals surface area contributed by atoms with Crippen LogP contribution in [0.25, 0.3) is 23.2 Å². The highest BCUT2D eigenvalue weighted by molar-refractivity contribution is 7.98. The Labute approximate surface area is 109 Å². The summed E-state index contributed by atoms with van der Waals surface area (Å²) in [4.78, 5) is 22.2. The van der Waals surface area contributed by atoms with Gasteiger partial charge in [0.2, 0.25) is 0 Å². The Kier molecular flexibility index (Phi) is 3.72. The van der Waals surface area contributed by atoms with Gasteiger partial charge in [0.15, 0.2) is 5.16 Å². The standard InChI is InChI=1S/C13H15N3OS/c1-4-6-7-8-9(5-2)14-11-10(8)15-13(18-3)16-12(11)17/h4-7,14H,1-3H3,(H,15,16,17)/b6-4-,8-7+,9-5+. The number of hydrogen-bond acceptors (Lipinski definition) is 3. The third-order valence-corrected chi connectivity index (χ3v) is 3.22. The molecule has 0 saturated heterocycles. The SMILES string of the molecule is C\C=C/C=c1\c(=C/C)[nH]c2c(=O)[nH]c(SC)nc12. The Bertz CT molecular complexity index is 768. The van der Waals surface area contributed by atoms with Crippen molar-refractivity contribution in [1.82, 2.24) is 15.0 Å². The maximum absolute atomic E-state index is 11.9. The molecule has 0 saturated carbocycles. The molecule has 0 spiro atoms. The van der Waals surface area contributed by atoms with Gasteiger partial charge in [0.1, 0.15) is 11.0 Å². The lowest BCUT2D eigenvalue weighted by atomic mass is 10.3. The van der Waals surface area contributed by atoms with Crippen LogP contribution < -0.4 is 16.1 Å². The van der Waals surface area contributed by atoms with E-state index in [9.17, 15) is 4.79 Å². The molecule has 94 valence electrons. The molecule has 0 bridgehead atoms. The van der Waals surface area contributed by atoms with Crippen molar-refractivity contribution in [3.8, 4) is 0 Å². The van der Waals surface area contributed by atoms with Gasteiger partial charge in [-0.3, -0.25) is 9.78 Å². The van der Waals surface area contributed by atoms with Crippen LogP contribution in [0.1, 0.15) is 13.8 Å². The second kappa shape index (κ2) is 5.27. The van der Waals surface area contributed by atoms with Crippen LogP contribution in [0.4, 0.5) is 0 Å². The summed E-state index contributed by atoms with van der Waals surface area (Å²) < 4.78 is 0. The molecule has 18 heavy (non-hydrogen) atoms. The van der Waals surface area contributed by atoms with E-state index >= 15 is 0 Å². The predicted octanol–water partition coefficient (Wildman–Crippen LogP) is 1.13. The number of hydrogen-bond donors (Lipinski definition) is 2. The van der Waals surface area contributed by atoms with E-state index in [2.05, 4.69) is 15.0 Å². The molecule has 0 radical (unpaired) electrons. The molecular weight excluding hydrogens is 246 g/mol. The molecule has 0 aliphatic carbocycles. The maximum atomic E-state index is 11.9. The van der Waals surface area contributed by atoms with Crippen LogP contribution in [0.2, 0.25) is 0 Å². The quantitative estimate of drug-likeness (QED) is 0.629. The number of nitrogens with zero attached hydrogens (tertiary/aromatic N) is 1. The lowest BCUT2D eigenvalue weighted by Crippen LogP contribution is -2.22. The number of rotatable bonds is 2. The lowest BCUT2D eigenvalue weighted by molar-refractivity contribution is 0.974. The van der Waals surface area contributed by atoms with Crippen molar-refractivity contribution >= 4 is 34.9 Å². The van der Waals surface area contributed by atoms with Gasteiger partial charge in [-0.15, -0.1) is 0 Å². The zero-order valence-electron chi connectivity index (χ0n) is 10.6. The van der Waals surface area contributed by atoms with Crippen LogP contribution in [-0.2, 0) is 0 Å². The third-order valence-electron chi connectivity index (χ3n) is 2.64. The lowest BCUT2D eigenvalue weighted by Gasteiger charge is -1.94. The Balaban J connectivity index is 2.99. The van der Waals surface area contributed by atoms with E-state index in [0.717, 1.165) is 10.6 Å². The summed E-state index contributed by atoms with van der Waals surface area (Å²) >= 11 is 1.42. The summed E-state index contributed by atoms with van der Waals surface area (Å²) in [7, 11) is 0. The normalized spacial score (nSPS) is 14.2. The summed E-state index contributed by atoms with van der Waals surface area (Å²) in [6, 6.07) is 0. The average molecular weight is 261 g/mol. The molecule has 0 atom stereocenters. The number of aromatic amines is 2. The van der Waals surface area contributed by atoms with Gasteiger partial charge in [-0.1, -0.05) is 36.1 Å². The van der Waals surface area contributed by atoms with E-state index in [4.69, 9.17) is 0 Å². The molecule has 0 fully saturated rings. The van der Waals surface area contributed by atoms with Gasteiger partial charge in [0.05, 0.1) is 0 Å². The Hall–Kier alpha value is -1.75. The maximum Gasteiger partial charge on any atom is 0.275 e. The zero-order chi connectivity index (χ0) is 13.1. The molecule has 2 N–H and O–H groups in total. The highest BCUT2D eigenvalue weighted by Crippen LogP contribution is 2.07. The van der Waals surface area contributed by atoms with Crippen LogP contribution in [0.5, 0.6) is 0 Å². The first kappa shape index (κ1) is 12.7. The minimum Gasteiger partial charge on any atom is -0.349 e. The fraction of sp³-hybridized carbons (Fsp3) is 0.231. The first-order valence-electron chi connectivity index (χ1n) is 5.66. The van der Waals surface area contributed by atoms with Crippen LogP contribution in [0.15, 0.2) is 22.1 Å². The molecule has 2 rings (SSSR count). The van der Waals surface area contributed by atoms with E-state index in [-0.39, 0.29) is 5.56 Å². The van der Waals surface area contributed by atoms with Crippen molar-refractivity contribution in [1.29, 1.82) is 0 Å². The number of thioether (sulfide) groups is 1. The minimum atomic E-state index is -0.132. The van der Waals surface area contributed by atoms with Crippen LogP contribution in [0.3, 0.4) is 0 Å². The molecule has 0 aromatic carbocycles. The van der Waals surface area contributed by atoms with Crippen molar-refractivity contribution in [2.24, 2.45) is 0 Å². The Morgan fingerprint density at radius 3 is 2.67 bits per heavy atom. The molecule has 0 aliphatic heterocycles. The molecule has 2 aromatic rings. The second-order valence-corrected chi connectivity index (χ2v) is 4.53. The number of nitrogens with one attached hydrogen (secondary N) is 2. The van der Waals surface area contributed by atoms with E-state index in [1.165, 1.54) is 11.8 Å². The Morgan fingerprint density at radius 1 is 1.28 bits per heavy atom. The molecule has 0 amide bonds. The highest BCUT2D eigenvalue weighted by Gasteiger charge is 2.07. The van der Waals surface area contributed by atoms with Crippen molar-refractivity contribution < 1.29 is 0 Å². The first-order chi connectivity index (χ1) is 8.71. The molecule has 0 aliphatic rings. The second-order valence-electron chi connectivity index (χ2n) is 3.73. The minimum absolute atomic E-state index is 0.132. The first-order valence-corrected chi connectivity index (χ1v) is 6.89. The number of allylic oxidation sites excluding steroid dienone is 2. The molecule has 0 unspecified atom stereocenters. The van der Waals surface area contributed by atoms with Crippen LogP contribution in [0, 0.1) is 0 Å². The molecule has 2 heterocycles. The van der Waals surface area contributed by atoms with Gasteiger partial charge in [0.25, 0.3) is 5.56 Å². The molecular formula is C13H15N3OS. The van der Waals surface area contributed by atoms with Gasteiger partial charge in [-0.05, 0) is 20.1 Å². The van der Waals surface area contributed by atoms with E-state index in [1.807, 2.05) is 44.4 Å². The van der Waals surface area contributed by atoms with Gasteiger partial charge in [0, 0.05) is 10.6 Å². The molecule has 4 nitrogen and oxygen atoms in total. The smallest absolute Gasteiger partial charge is 0.275 e. The van der Waals surface area contributed by atoms with Gasteiger partial charge in [-0.2, -0.15) is 0 Å². The van der Waals surface area contributed by atoms with Crippen molar-refractivity contribution in [3.63, 3.8) is 0 Å². The van der Waals surface area contributed by atoms with E-state index < -0.39 is 0 Å². The van der Waals surface area contributed by atoms with Crippen molar-refractivity contribution in [3.05, 3.63) is 33.1 Å². The van der Waals surface area contributed by atoms with Crippen molar-refractivity contribution in [2.75, 3.05) is 6.26 Å².